The van der Waals surface area contributed by atoms with Gasteiger partial charge in [0.1, 0.15) is 0 Å². The zero-order chi connectivity index (χ0) is 26.5. The molecule has 6 nitrogen and oxygen atoms in total. The number of carbonyl (C=O) groups excluding carboxylic acids is 2. The van der Waals surface area contributed by atoms with E-state index in [2.05, 4.69) is 83.6 Å². The standard InChI is InChI=1S/C29H44N4O2S2/c1-32(2)28(24-8-6-20-36-24)16-12-22(13-17-28)30-26(34)10-5-11-27(35)31-23-14-18-29(19-15-23,33(3)4)25-9-7-21-37-25/h6-9,20-23H,5,10-19H2,1-4H3,(H,30,34)(H,31,35). The second kappa shape index (κ2) is 12.4. The predicted octanol–water partition coefficient (Wildman–Crippen LogP) is 5.31. The first-order valence-corrected chi connectivity index (χ1v) is 15.5. The van der Waals surface area contributed by atoms with Crippen LogP contribution in [0.4, 0.5) is 0 Å². The highest BCUT2D eigenvalue weighted by Crippen LogP contribution is 2.44. The van der Waals surface area contributed by atoms with Crippen molar-refractivity contribution in [1.82, 2.24) is 20.4 Å². The van der Waals surface area contributed by atoms with Crippen molar-refractivity contribution in [3.8, 4) is 0 Å². The molecule has 2 aliphatic rings. The number of carbonyl (C=O) groups is 2. The first-order chi connectivity index (χ1) is 17.7. The van der Waals surface area contributed by atoms with Gasteiger partial charge in [0.15, 0.2) is 0 Å². The predicted molar refractivity (Wildman–Crippen MR) is 154 cm³/mol. The van der Waals surface area contributed by atoms with Crippen LogP contribution in [-0.4, -0.2) is 61.9 Å². The van der Waals surface area contributed by atoms with Crippen LogP contribution >= 0.6 is 22.7 Å². The number of nitrogens with one attached hydrogen (secondary N) is 2. The van der Waals surface area contributed by atoms with Gasteiger partial charge in [-0.1, -0.05) is 12.1 Å². The van der Waals surface area contributed by atoms with Gasteiger partial charge in [0.05, 0.1) is 11.1 Å². The molecule has 0 unspecified atom stereocenters. The topological polar surface area (TPSA) is 64.7 Å². The highest BCUT2D eigenvalue weighted by Gasteiger charge is 2.41. The lowest BCUT2D eigenvalue weighted by Gasteiger charge is -2.44. The molecule has 4 rings (SSSR count). The molecule has 2 aromatic heterocycles. The van der Waals surface area contributed by atoms with Crippen molar-refractivity contribution in [2.24, 2.45) is 0 Å². The van der Waals surface area contributed by atoms with Gasteiger partial charge < -0.3 is 10.6 Å². The van der Waals surface area contributed by atoms with Crippen LogP contribution in [-0.2, 0) is 20.7 Å². The SMILES string of the molecule is CN(C)C1(c2cccs2)CCC(NC(=O)CCCC(=O)NC2CCC(c3cccs3)(N(C)C)CC2)CC1. The van der Waals surface area contributed by atoms with E-state index in [1.165, 1.54) is 9.75 Å². The normalized spacial score (nSPS) is 28.4. The Morgan fingerprint density at radius 1 is 0.757 bits per heavy atom. The first kappa shape index (κ1) is 28.3. The van der Waals surface area contributed by atoms with Crippen LogP contribution < -0.4 is 10.6 Å². The highest BCUT2D eigenvalue weighted by atomic mass is 32.1. The summed E-state index contributed by atoms with van der Waals surface area (Å²) in [6.07, 6.45) is 9.61. The molecule has 37 heavy (non-hydrogen) atoms. The van der Waals surface area contributed by atoms with Gasteiger partial charge in [-0.15, -0.1) is 22.7 Å². The summed E-state index contributed by atoms with van der Waals surface area (Å²) < 4.78 is 0. The Kier molecular flexibility index (Phi) is 9.48. The lowest BCUT2D eigenvalue weighted by Crippen LogP contribution is -2.48. The molecule has 0 aliphatic heterocycles. The quantitative estimate of drug-likeness (QED) is 0.425. The van der Waals surface area contributed by atoms with E-state index in [0.717, 1.165) is 51.4 Å². The Bertz CT molecular complexity index is 907. The largest absolute Gasteiger partial charge is 0.353 e. The molecule has 0 atom stereocenters. The molecule has 2 N–H and O–H groups in total. The average Bonchev–Trinajstić information content (AvgIpc) is 3.60. The van der Waals surface area contributed by atoms with Crippen molar-refractivity contribution in [3.05, 3.63) is 44.8 Å². The van der Waals surface area contributed by atoms with Crippen molar-refractivity contribution < 1.29 is 9.59 Å². The molecule has 2 heterocycles. The van der Waals surface area contributed by atoms with Gasteiger partial charge in [-0.05, 0) is 109 Å². The summed E-state index contributed by atoms with van der Waals surface area (Å²) in [6.45, 7) is 0. The van der Waals surface area contributed by atoms with Crippen LogP contribution in [0.2, 0.25) is 0 Å². The molecule has 0 aromatic carbocycles. The maximum atomic E-state index is 12.6. The molecule has 0 bridgehead atoms. The average molecular weight is 545 g/mol. The second-order valence-electron chi connectivity index (χ2n) is 11.3. The Balaban J connectivity index is 1.15. The lowest BCUT2D eigenvalue weighted by atomic mass is 9.77. The van der Waals surface area contributed by atoms with Crippen LogP contribution in [0.5, 0.6) is 0 Å². The summed E-state index contributed by atoms with van der Waals surface area (Å²) >= 11 is 3.66. The van der Waals surface area contributed by atoms with Gasteiger partial charge in [-0.2, -0.15) is 0 Å². The monoisotopic (exact) mass is 544 g/mol. The minimum atomic E-state index is 0.0793. The third-order valence-electron chi connectivity index (χ3n) is 8.84. The van der Waals surface area contributed by atoms with Gasteiger partial charge >= 0.3 is 0 Å². The summed E-state index contributed by atoms with van der Waals surface area (Å²) in [5.74, 6) is 0.159. The van der Waals surface area contributed by atoms with E-state index in [1.807, 2.05) is 22.7 Å². The molecule has 2 amide bonds. The van der Waals surface area contributed by atoms with Crippen molar-refractivity contribution in [1.29, 1.82) is 0 Å². The summed E-state index contributed by atoms with van der Waals surface area (Å²) in [6, 6.07) is 9.21. The molecule has 0 spiro atoms. The van der Waals surface area contributed by atoms with E-state index in [-0.39, 0.29) is 35.0 Å². The highest BCUT2D eigenvalue weighted by molar-refractivity contribution is 7.10. The van der Waals surface area contributed by atoms with Gasteiger partial charge in [0, 0.05) is 34.7 Å². The fraction of sp³-hybridized carbons (Fsp3) is 0.655. The molecule has 8 heteroatoms. The molecular formula is C29H44N4O2S2. The smallest absolute Gasteiger partial charge is 0.220 e. The van der Waals surface area contributed by atoms with Gasteiger partial charge in [0.25, 0.3) is 0 Å². The fourth-order valence-corrected chi connectivity index (χ4v) is 8.54. The van der Waals surface area contributed by atoms with Gasteiger partial charge in [0.2, 0.25) is 11.8 Å². The number of hydrogen-bond acceptors (Lipinski definition) is 6. The maximum absolute atomic E-state index is 12.6. The van der Waals surface area contributed by atoms with E-state index in [9.17, 15) is 9.59 Å². The van der Waals surface area contributed by atoms with Crippen molar-refractivity contribution in [2.75, 3.05) is 28.2 Å². The lowest BCUT2D eigenvalue weighted by molar-refractivity contribution is -0.123. The molecule has 204 valence electrons. The van der Waals surface area contributed by atoms with Crippen LogP contribution in [0, 0.1) is 0 Å². The van der Waals surface area contributed by atoms with E-state index in [1.54, 1.807) is 0 Å². The van der Waals surface area contributed by atoms with Crippen molar-refractivity contribution in [2.45, 2.75) is 93.8 Å². The molecular weight excluding hydrogens is 500 g/mol. The number of rotatable bonds is 10. The van der Waals surface area contributed by atoms with E-state index >= 15 is 0 Å². The minimum Gasteiger partial charge on any atom is -0.353 e. The summed E-state index contributed by atoms with van der Waals surface area (Å²) in [4.78, 5) is 32.7. The van der Waals surface area contributed by atoms with Crippen LogP contribution in [0.15, 0.2) is 35.0 Å². The molecule has 2 aromatic rings. The minimum absolute atomic E-state index is 0.0793. The summed E-state index contributed by atoms with van der Waals surface area (Å²) in [5, 5.41) is 10.8. The molecule has 2 aliphatic carbocycles. The Morgan fingerprint density at radius 2 is 1.14 bits per heavy atom. The third-order valence-corrected chi connectivity index (χ3v) is 11.0. The second-order valence-corrected chi connectivity index (χ2v) is 13.2. The van der Waals surface area contributed by atoms with Crippen molar-refractivity contribution in [3.63, 3.8) is 0 Å². The van der Waals surface area contributed by atoms with Gasteiger partial charge in [-0.25, -0.2) is 0 Å². The Morgan fingerprint density at radius 3 is 1.43 bits per heavy atom. The molecule has 2 saturated carbocycles. The number of nitrogens with zero attached hydrogens (tertiary/aromatic N) is 2. The maximum Gasteiger partial charge on any atom is 0.220 e. The zero-order valence-corrected chi connectivity index (χ0v) is 24.6. The zero-order valence-electron chi connectivity index (χ0n) is 22.9. The summed E-state index contributed by atoms with van der Waals surface area (Å²) in [5.41, 5.74) is 0.172. The van der Waals surface area contributed by atoms with Gasteiger partial charge in [-0.3, -0.25) is 19.4 Å². The van der Waals surface area contributed by atoms with E-state index < -0.39 is 0 Å². The molecule has 2 fully saturated rings. The molecule has 0 saturated heterocycles. The third kappa shape index (κ3) is 6.47. The molecule has 0 radical (unpaired) electrons. The number of amides is 2. The van der Waals surface area contributed by atoms with E-state index in [4.69, 9.17) is 0 Å². The fourth-order valence-electron chi connectivity index (χ4n) is 6.40. The van der Waals surface area contributed by atoms with E-state index in [0.29, 0.717) is 19.3 Å². The number of thiophene rings is 2. The number of hydrogen-bond donors (Lipinski definition) is 2. The Labute approximate surface area is 230 Å². The van der Waals surface area contributed by atoms with Crippen LogP contribution in [0.25, 0.3) is 0 Å². The Hall–Kier alpha value is -1.74. The first-order valence-electron chi connectivity index (χ1n) is 13.8. The summed E-state index contributed by atoms with van der Waals surface area (Å²) in [7, 11) is 8.66. The van der Waals surface area contributed by atoms with Crippen molar-refractivity contribution >= 4 is 34.5 Å². The van der Waals surface area contributed by atoms with Crippen LogP contribution in [0.3, 0.4) is 0 Å². The van der Waals surface area contributed by atoms with Crippen LogP contribution in [0.1, 0.15) is 80.4 Å².